The molecule has 9 heteroatoms. The van der Waals surface area contributed by atoms with Crippen LogP contribution < -0.4 is 17.2 Å². The number of hydrogen-bond donors (Lipinski definition) is 3. The number of alkyl halides is 6. The SMILES string of the molecule is Cc1cc(CC(Cc2ccc(N)c(N)c2)(C(F)(F)F)C(F)(F)F)ccc1N. The lowest BCUT2D eigenvalue weighted by atomic mass is 9.74. The van der Waals surface area contributed by atoms with Crippen molar-refractivity contribution in [3.8, 4) is 0 Å². The molecule has 6 N–H and O–H groups in total. The van der Waals surface area contributed by atoms with Gasteiger partial charge in [-0.25, -0.2) is 0 Å². The molecule has 0 bridgehead atoms. The Morgan fingerprint density at radius 1 is 0.667 bits per heavy atom. The topological polar surface area (TPSA) is 78.1 Å². The molecule has 3 nitrogen and oxygen atoms in total. The van der Waals surface area contributed by atoms with Crippen LogP contribution in [-0.2, 0) is 12.8 Å². The molecule has 0 aliphatic rings. The predicted molar refractivity (Wildman–Crippen MR) is 92.8 cm³/mol. The second kappa shape index (κ2) is 6.86. The van der Waals surface area contributed by atoms with Gasteiger partial charge in [0.05, 0.1) is 11.4 Å². The van der Waals surface area contributed by atoms with Crippen LogP contribution >= 0.6 is 0 Å². The van der Waals surface area contributed by atoms with E-state index in [2.05, 4.69) is 0 Å². The number of nitrogens with two attached hydrogens (primary N) is 3. The van der Waals surface area contributed by atoms with E-state index < -0.39 is 30.6 Å². The van der Waals surface area contributed by atoms with Gasteiger partial charge in [0.25, 0.3) is 0 Å². The Balaban J connectivity index is 2.58. The van der Waals surface area contributed by atoms with Crippen molar-refractivity contribution in [1.29, 1.82) is 0 Å². The van der Waals surface area contributed by atoms with Gasteiger partial charge in [-0.1, -0.05) is 18.2 Å². The highest BCUT2D eigenvalue weighted by atomic mass is 19.4. The minimum absolute atomic E-state index is 0.0749. The van der Waals surface area contributed by atoms with Crippen LogP contribution in [0.5, 0.6) is 0 Å². The second-order valence-corrected chi connectivity index (χ2v) is 6.59. The Hall–Kier alpha value is -2.58. The summed E-state index contributed by atoms with van der Waals surface area (Å²) in [6.45, 7) is 1.52. The lowest BCUT2D eigenvalue weighted by Gasteiger charge is -2.38. The van der Waals surface area contributed by atoms with Crippen LogP contribution in [-0.4, -0.2) is 12.4 Å². The normalized spacial score (nSPS) is 13.0. The van der Waals surface area contributed by atoms with Crippen molar-refractivity contribution < 1.29 is 26.3 Å². The molecule has 0 aromatic heterocycles. The third-order valence-electron chi connectivity index (χ3n) is 4.58. The first-order chi connectivity index (χ1) is 12.3. The molecule has 0 heterocycles. The van der Waals surface area contributed by atoms with Crippen molar-refractivity contribution in [2.45, 2.75) is 32.1 Å². The van der Waals surface area contributed by atoms with E-state index in [1.807, 2.05) is 0 Å². The number of nitrogen functional groups attached to an aromatic ring is 3. The maximum Gasteiger partial charge on any atom is 0.403 e. The van der Waals surface area contributed by atoms with Gasteiger partial charge in [0.15, 0.2) is 5.41 Å². The maximum absolute atomic E-state index is 13.8. The zero-order chi connectivity index (χ0) is 20.6. The van der Waals surface area contributed by atoms with Gasteiger partial charge in [-0.05, 0) is 54.7 Å². The van der Waals surface area contributed by atoms with Crippen molar-refractivity contribution in [3.05, 3.63) is 53.1 Å². The minimum atomic E-state index is -5.54. The number of aryl methyl sites for hydroxylation is 1. The maximum atomic E-state index is 13.8. The van der Waals surface area contributed by atoms with Gasteiger partial charge >= 0.3 is 12.4 Å². The van der Waals surface area contributed by atoms with Gasteiger partial charge in [-0.15, -0.1) is 0 Å². The standard InChI is InChI=1S/C18H19F6N3/c1-10-6-11(2-4-13(10)25)8-16(17(19,20)21,18(22,23)24)9-12-3-5-14(26)15(27)7-12/h2-7H,8-9,25-27H2,1H3. The van der Waals surface area contributed by atoms with E-state index in [0.29, 0.717) is 5.56 Å². The lowest BCUT2D eigenvalue weighted by molar-refractivity contribution is -0.340. The van der Waals surface area contributed by atoms with Crippen LogP contribution in [0.3, 0.4) is 0 Å². The predicted octanol–water partition coefficient (Wildman–Crippen LogP) is 4.64. The quantitative estimate of drug-likeness (QED) is 0.525. The molecule has 2 aromatic carbocycles. The van der Waals surface area contributed by atoms with Crippen LogP contribution in [0.25, 0.3) is 0 Å². The molecule has 27 heavy (non-hydrogen) atoms. The largest absolute Gasteiger partial charge is 0.403 e. The van der Waals surface area contributed by atoms with E-state index in [1.54, 1.807) is 0 Å². The lowest BCUT2D eigenvalue weighted by Crippen LogP contribution is -2.53. The number of halogens is 6. The Labute approximate surface area is 152 Å². The zero-order valence-corrected chi connectivity index (χ0v) is 14.4. The Morgan fingerprint density at radius 3 is 1.52 bits per heavy atom. The summed E-state index contributed by atoms with van der Waals surface area (Å²) in [6.07, 6.45) is -13.7. The van der Waals surface area contributed by atoms with Crippen LogP contribution in [0.1, 0.15) is 16.7 Å². The molecule has 0 unspecified atom stereocenters. The molecule has 0 spiro atoms. The highest BCUT2D eigenvalue weighted by molar-refractivity contribution is 5.64. The smallest absolute Gasteiger partial charge is 0.399 e. The Kier molecular flexibility index (Phi) is 5.27. The molecule has 0 atom stereocenters. The van der Waals surface area contributed by atoms with Gasteiger partial charge in [0.2, 0.25) is 0 Å². The molecule has 0 saturated carbocycles. The Morgan fingerprint density at radius 2 is 1.11 bits per heavy atom. The van der Waals surface area contributed by atoms with E-state index in [-0.39, 0.29) is 28.2 Å². The third-order valence-corrected chi connectivity index (χ3v) is 4.58. The highest BCUT2D eigenvalue weighted by Crippen LogP contribution is 2.54. The molecule has 0 fully saturated rings. The van der Waals surface area contributed by atoms with Crippen LogP contribution in [0.15, 0.2) is 36.4 Å². The fraction of sp³-hybridized carbons (Fsp3) is 0.333. The van der Waals surface area contributed by atoms with E-state index in [4.69, 9.17) is 17.2 Å². The molecule has 2 rings (SSSR count). The minimum Gasteiger partial charge on any atom is -0.399 e. The molecule has 0 aliphatic heterocycles. The summed E-state index contributed by atoms with van der Waals surface area (Å²) < 4.78 is 82.8. The summed E-state index contributed by atoms with van der Waals surface area (Å²) in [4.78, 5) is 0. The van der Waals surface area contributed by atoms with Gasteiger partial charge in [-0.3, -0.25) is 0 Å². The fourth-order valence-corrected chi connectivity index (χ4v) is 2.90. The molecule has 0 amide bonds. The number of anilines is 3. The summed E-state index contributed by atoms with van der Waals surface area (Å²) in [6, 6.07) is 7.05. The summed E-state index contributed by atoms with van der Waals surface area (Å²) >= 11 is 0. The van der Waals surface area contributed by atoms with Crippen LogP contribution in [0, 0.1) is 12.3 Å². The average Bonchev–Trinajstić information content (AvgIpc) is 2.51. The van der Waals surface area contributed by atoms with Crippen molar-refractivity contribution >= 4 is 17.1 Å². The molecule has 0 saturated heterocycles. The van der Waals surface area contributed by atoms with Crippen molar-refractivity contribution in [2.24, 2.45) is 5.41 Å². The van der Waals surface area contributed by atoms with Gasteiger partial charge in [0, 0.05) is 5.69 Å². The number of benzene rings is 2. The van der Waals surface area contributed by atoms with Crippen LogP contribution in [0.4, 0.5) is 43.4 Å². The van der Waals surface area contributed by atoms with Crippen molar-refractivity contribution in [3.63, 3.8) is 0 Å². The highest BCUT2D eigenvalue weighted by Gasteiger charge is 2.69. The summed E-state index contributed by atoms with van der Waals surface area (Å²) in [5.41, 5.74) is 13.1. The molecule has 0 radical (unpaired) electrons. The molecule has 148 valence electrons. The fourth-order valence-electron chi connectivity index (χ4n) is 2.90. The first-order valence-electron chi connectivity index (χ1n) is 7.89. The molecule has 0 aliphatic carbocycles. The monoisotopic (exact) mass is 391 g/mol. The van der Waals surface area contributed by atoms with E-state index in [0.717, 1.165) is 12.1 Å². The molecule has 2 aromatic rings. The molecular formula is C18H19F6N3. The van der Waals surface area contributed by atoms with Gasteiger partial charge in [0.1, 0.15) is 0 Å². The first kappa shape index (κ1) is 20.7. The summed E-state index contributed by atoms with van der Waals surface area (Å²) in [7, 11) is 0. The van der Waals surface area contributed by atoms with E-state index in [1.165, 1.54) is 31.2 Å². The van der Waals surface area contributed by atoms with E-state index in [9.17, 15) is 26.3 Å². The summed E-state index contributed by atoms with van der Waals surface area (Å²) in [5, 5.41) is 0. The van der Waals surface area contributed by atoms with Crippen molar-refractivity contribution in [1.82, 2.24) is 0 Å². The Bertz CT molecular complexity index is 757. The van der Waals surface area contributed by atoms with Crippen LogP contribution in [0.2, 0.25) is 0 Å². The zero-order valence-electron chi connectivity index (χ0n) is 14.4. The van der Waals surface area contributed by atoms with Gasteiger partial charge < -0.3 is 17.2 Å². The molecular weight excluding hydrogens is 372 g/mol. The summed E-state index contributed by atoms with van der Waals surface area (Å²) in [5.74, 6) is 0. The van der Waals surface area contributed by atoms with Crippen molar-refractivity contribution in [2.75, 3.05) is 17.2 Å². The number of rotatable bonds is 4. The first-order valence-corrected chi connectivity index (χ1v) is 7.89. The van der Waals surface area contributed by atoms with E-state index >= 15 is 0 Å². The second-order valence-electron chi connectivity index (χ2n) is 6.59. The average molecular weight is 391 g/mol. The number of hydrogen-bond acceptors (Lipinski definition) is 3. The van der Waals surface area contributed by atoms with Gasteiger partial charge in [-0.2, -0.15) is 26.3 Å². The third kappa shape index (κ3) is 4.06.